The highest BCUT2D eigenvalue weighted by Crippen LogP contribution is 2.11. The van der Waals surface area contributed by atoms with E-state index in [2.05, 4.69) is 60.6 Å². The number of rotatable bonds is 3. The monoisotopic (exact) mass is 217 g/mol. The third-order valence-corrected chi connectivity index (χ3v) is 3.12. The predicted octanol–water partition coefficient (Wildman–Crippen LogP) is 2.14. The molecule has 0 saturated heterocycles. The number of imidazole rings is 1. The maximum Gasteiger partial charge on any atom is 0.114 e. The van der Waals surface area contributed by atoms with Gasteiger partial charge >= 0.3 is 0 Å². The molecule has 0 aromatic carbocycles. The summed E-state index contributed by atoms with van der Waals surface area (Å²) in [6, 6.07) is 4.79. The molecule has 2 rings (SSSR count). The van der Waals surface area contributed by atoms with E-state index in [-0.39, 0.29) is 0 Å². The van der Waals surface area contributed by atoms with E-state index in [9.17, 15) is 0 Å². The van der Waals surface area contributed by atoms with Crippen molar-refractivity contribution in [1.29, 1.82) is 0 Å². The summed E-state index contributed by atoms with van der Waals surface area (Å²) < 4.78 is 2.17. The fourth-order valence-electron chi connectivity index (χ4n) is 1.76. The molecule has 86 valence electrons. The van der Waals surface area contributed by atoms with Crippen molar-refractivity contribution in [3.8, 4) is 0 Å². The summed E-state index contributed by atoms with van der Waals surface area (Å²) in [6.45, 7) is 4.32. The van der Waals surface area contributed by atoms with Gasteiger partial charge in [0, 0.05) is 18.7 Å². The minimum atomic E-state index is 0.506. The Morgan fingerprint density at radius 3 is 2.88 bits per heavy atom. The van der Waals surface area contributed by atoms with Crippen molar-refractivity contribution in [1.82, 2.24) is 14.3 Å². The number of hydrogen-bond acceptors (Lipinski definition) is 2. The molecule has 0 radical (unpaired) electrons. The molecule has 0 spiro atoms. The molecule has 0 N–H and O–H groups in total. The number of hydrogen-bond donors (Lipinski definition) is 0. The lowest BCUT2D eigenvalue weighted by atomic mass is 10.2. The summed E-state index contributed by atoms with van der Waals surface area (Å²) in [4.78, 5) is 6.71. The summed E-state index contributed by atoms with van der Waals surface area (Å²) in [5.41, 5.74) is 2.46. The van der Waals surface area contributed by atoms with E-state index in [4.69, 9.17) is 0 Å². The molecule has 0 aliphatic rings. The quantitative estimate of drug-likeness (QED) is 0.785. The normalized spacial score (nSPS) is 13.6. The van der Waals surface area contributed by atoms with Crippen LogP contribution in [0, 0.1) is 6.92 Å². The largest absolute Gasteiger partial charge is 0.306 e. The van der Waals surface area contributed by atoms with Crippen molar-refractivity contribution < 1.29 is 0 Å². The zero-order valence-electron chi connectivity index (χ0n) is 10.4. The van der Waals surface area contributed by atoms with Gasteiger partial charge in [0.05, 0.1) is 11.7 Å². The Labute approximate surface area is 96.7 Å². The van der Waals surface area contributed by atoms with Crippen molar-refractivity contribution in [2.45, 2.75) is 26.3 Å². The average Bonchev–Trinajstić information content (AvgIpc) is 2.60. The average molecular weight is 217 g/mol. The molecule has 0 aliphatic carbocycles. The van der Waals surface area contributed by atoms with Gasteiger partial charge < -0.3 is 9.30 Å². The lowest BCUT2D eigenvalue weighted by molar-refractivity contribution is 0.308. The number of fused-ring (bicyclic) bond motifs is 1. The van der Waals surface area contributed by atoms with E-state index in [1.54, 1.807) is 0 Å². The number of pyridine rings is 1. The van der Waals surface area contributed by atoms with Crippen LogP contribution in [-0.4, -0.2) is 34.4 Å². The van der Waals surface area contributed by atoms with Gasteiger partial charge in [-0.25, -0.2) is 4.98 Å². The van der Waals surface area contributed by atoms with Crippen LogP contribution in [0.15, 0.2) is 24.5 Å². The molecule has 0 bridgehead atoms. The first-order valence-electron chi connectivity index (χ1n) is 5.67. The molecule has 16 heavy (non-hydrogen) atoms. The molecule has 3 nitrogen and oxygen atoms in total. The summed E-state index contributed by atoms with van der Waals surface area (Å²) in [6.07, 6.45) is 5.03. The number of aryl methyl sites for hydroxylation is 1. The van der Waals surface area contributed by atoms with Gasteiger partial charge in [0.15, 0.2) is 0 Å². The van der Waals surface area contributed by atoms with Crippen LogP contribution in [0.5, 0.6) is 0 Å². The van der Waals surface area contributed by atoms with Crippen molar-refractivity contribution in [3.05, 3.63) is 35.9 Å². The Morgan fingerprint density at radius 1 is 1.44 bits per heavy atom. The molecule has 0 aliphatic heterocycles. The van der Waals surface area contributed by atoms with E-state index in [1.165, 1.54) is 11.1 Å². The minimum absolute atomic E-state index is 0.506. The topological polar surface area (TPSA) is 20.5 Å². The highest BCUT2D eigenvalue weighted by atomic mass is 15.1. The lowest BCUT2D eigenvalue weighted by Crippen LogP contribution is -2.27. The minimum Gasteiger partial charge on any atom is -0.306 e. The fourth-order valence-corrected chi connectivity index (χ4v) is 1.76. The van der Waals surface area contributed by atoms with Crippen LogP contribution < -0.4 is 0 Å². The smallest absolute Gasteiger partial charge is 0.114 e. The number of aromatic nitrogens is 2. The Hall–Kier alpha value is -1.35. The van der Waals surface area contributed by atoms with Crippen LogP contribution in [-0.2, 0) is 6.42 Å². The van der Waals surface area contributed by atoms with Gasteiger partial charge in [-0.2, -0.15) is 0 Å². The predicted molar refractivity (Wildman–Crippen MR) is 66.8 cm³/mol. The van der Waals surface area contributed by atoms with Crippen LogP contribution in [0.2, 0.25) is 0 Å². The van der Waals surface area contributed by atoms with Gasteiger partial charge in [-0.1, -0.05) is 0 Å². The summed E-state index contributed by atoms with van der Waals surface area (Å²) in [7, 11) is 4.20. The highest BCUT2D eigenvalue weighted by Gasteiger charge is 2.10. The van der Waals surface area contributed by atoms with Crippen LogP contribution in [0.3, 0.4) is 0 Å². The Balaban J connectivity index is 2.32. The van der Waals surface area contributed by atoms with E-state index < -0.39 is 0 Å². The molecule has 0 fully saturated rings. The van der Waals surface area contributed by atoms with Gasteiger partial charge in [-0.3, -0.25) is 0 Å². The van der Waals surface area contributed by atoms with Crippen molar-refractivity contribution in [2.75, 3.05) is 14.1 Å². The second-order valence-electron chi connectivity index (χ2n) is 4.69. The maximum absolute atomic E-state index is 4.50. The summed E-state index contributed by atoms with van der Waals surface area (Å²) >= 11 is 0. The first-order valence-corrected chi connectivity index (χ1v) is 5.67. The molecule has 0 saturated carbocycles. The molecule has 2 heterocycles. The fraction of sp³-hybridized carbons (Fsp3) is 0.462. The molecule has 3 heteroatoms. The van der Waals surface area contributed by atoms with Crippen molar-refractivity contribution >= 4 is 5.52 Å². The standard InChI is InChI=1S/C13H19N3/c1-10-5-6-16-12(7-10)9-14-13(16)8-11(2)15(3)4/h5-7,9,11H,8H2,1-4H3. The maximum atomic E-state index is 4.50. The van der Waals surface area contributed by atoms with Crippen LogP contribution in [0.25, 0.3) is 5.52 Å². The van der Waals surface area contributed by atoms with Crippen LogP contribution in [0.1, 0.15) is 18.3 Å². The van der Waals surface area contributed by atoms with Crippen LogP contribution in [0.4, 0.5) is 0 Å². The zero-order valence-corrected chi connectivity index (χ0v) is 10.4. The van der Waals surface area contributed by atoms with Gasteiger partial charge in [-0.05, 0) is 45.6 Å². The van der Waals surface area contributed by atoms with Crippen LogP contribution >= 0.6 is 0 Å². The second kappa shape index (κ2) is 4.26. The molecule has 2 aromatic heterocycles. The lowest BCUT2D eigenvalue weighted by Gasteiger charge is -2.18. The first-order chi connectivity index (χ1) is 7.58. The number of nitrogens with zero attached hydrogens (tertiary/aromatic N) is 3. The summed E-state index contributed by atoms with van der Waals surface area (Å²) in [5.74, 6) is 1.14. The van der Waals surface area contributed by atoms with E-state index >= 15 is 0 Å². The first kappa shape index (κ1) is 11.1. The summed E-state index contributed by atoms with van der Waals surface area (Å²) in [5, 5.41) is 0. The SMILES string of the molecule is Cc1ccn2c(CC(C)N(C)C)ncc2c1. The van der Waals surface area contributed by atoms with Gasteiger partial charge in [0.2, 0.25) is 0 Å². The van der Waals surface area contributed by atoms with Crippen molar-refractivity contribution in [2.24, 2.45) is 0 Å². The Morgan fingerprint density at radius 2 is 2.19 bits per heavy atom. The molecule has 2 aromatic rings. The Kier molecular flexibility index (Phi) is 2.97. The highest BCUT2D eigenvalue weighted by molar-refractivity contribution is 5.48. The van der Waals surface area contributed by atoms with Gasteiger partial charge in [-0.15, -0.1) is 0 Å². The number of likely N-dealkylation sites (N-methyl/N-ethyl adjacent to an activating group) is 1. The van der Waals surface area contributed by atoms with Gasteiger partial charge in [0.1, 0.15) is 5.82 Å². The Bertz CT molecular complexity index is 485. The molecular weight excluding hydrogens is 198 g/mol. The van der Waals surface area contributed by atoms with E-state index in [1.807, 2.05) is 6.20 Å². The van der Waals surface area contributed by atoms with E-state index in [0.29, 0.717) is 6.04 Å². The third-order valence-electron chi connectivity index (χ3n) is 3.12. The third kappa shape index (κ3) is 2.09. The zero-order chi connectivity index (χ0) is 11.7. The molecular formula is C13H19N3. The molecule has 0 amide bonds. The van der Waals surface area contributed by atoms with Gasteiger partial charge in [0.25, 0.3) is 0 Å². The molecule has 1 unspecified atom stereocenters. The van der Waals surface area contributed by atoms with Crippen molar-refractivity contribution in [3.63, 3.8) is 0 Å². The van der Waals surface area contributed by atoms with E-state index in [0.717, 1.165) is 12.2 Å². The molecule has 1 atom stereocenters. The second-order valence-corrected chi connectivity index (χ2v) is 4.69.